The Hall–Kier alpha value is -2.65. The third-order valence-corrected chi connectivity index (χ3v) is 5.70. The largest absolute Gasteiger partial charge is 0.447 e. The highest BCUT2D eigenvalue weighted by Crippen LogP contribution is 2.29. The molecule has 27 heavy (non-hydrogen) atoms. The molecule has 1 aromatic heterocycles. The summed E-state index contributed by atoms with van der Waals surface area (Å²) >= 11 is 0. The van der Waals surface area contributed by atoms with E-state index in [1.54, 1.807) is 4.90 Å². The van der Waals surface area contributed by atoms with Crippen molar-refractivity contribution < 1.29 is 19.2 Å². The molecule has 10 heteroatoms. The number of rotatable bonds is 5. The summed E-state index contributed by atoms with van der Waals surface area (Å²) in [6.45, 7) is 5.49. The maximum Gasteiger partial charge on any atom is 0.410 e. The number of nitrogens with zero attached hydrogens (tertiary/aromatic N) is 5. The van der Waals surface area contributed by atoms with Gasteiger partial charge in [-0.1, -0.05) is 25.4 Å². The van der Waals surface area contributed by atoms with Crippen molar-refractivity contribution in [3.8, 4) is 0 Å². The Morgan fingerprint density at radius 3 is 2.70 bits per heavy atom. The summed E-state index contributed by atoms with van der Waals surface area (Å²) < 4.78 is 6.36. The number of carbonyl (C=O) groups is 2. The molecule has 2 atom stereocenters. The van der Waals surface area contributed by atoms with Gasteiger partial charge in [-0.2, -0.15) is 0 Å². The molecule has 0 radical (unpaired) electrons. The molecule has 2 amide bonds. The van der Waals surface area contributed by atoms with Crippen molar-refractivity contribution in [2.24, 2.45) is 13.0 Å². The molecule has 3 rings (SSSR count). The molecule has 0 spiro atoms. The number of piperidine rings is 1. The van der Waals surface area contributed by atoms with E-state index in [1.807, 2.05) is 4.90 Å². The summed E-state index contributed by atoms with van der Waals surface area (Å²) in [4.78, 5) is 39.0. The number of hydrogen-bond donors (Lipinski definition) is 0. The minimum Gasteiger partial charge on any atom is -0.447 e. The highest BCUT2D eigenvalue weighted by atomic mass is 16.6. The fourth-order valence-electron chi connectivity index (χ4n) is 3.89. The summed E-state index contributed by atoms with van der Waals surface area (Å²) in [5, 5.41) is 15.0. The van der Waals surface area contributed by atoms with E-state index in [9.17, 15) is 19.7 Å². The Morgan fingerprint density at radius 1 is 1.44 bits per heavy atom. The van der Waals surface area contributed by atoms with Gasteiger partial charge in [-0.15, -0.1) is 4.68 Å². The van der Waals surface area contributed by atoms with Crippen LogP contribution in [0, 0.1) is 16.0 Å². The van der Waals surface area contributed by atoms with Crippen molar-refractivity contribution in [1.82, 2.24) is 19.6 Å². The van der Waals surface area contributed by atoms with Crippen molar-refractivity contribution in [2.45, 2.75) is 45.2 Å². The van der Waals surface area contributed by atoms with Gasteiger partial charge in [0.25, 0.3) is 5.91 Å². The van der Waals surface area contributed by atoms with E-state index in [1.165, 1.54) is 13.2 Å². The van der Waals surface area contributed by atoms with Gasteiger partial charge < -0.3 is 19.8 Å². The second-order valence-electron chi connectivity index (χ2n) is 7.22. The predicted octanol–water partition coefficient (Wildman–Crippen LogP) is 1.80. The van der Waals surface area contributed by atoms with E-state index in [0.29, 0.717) is 38.5 Å². The smallest absolute Gasteiger partial charge is 0.410 e. The number of carbonyl (C=O) groups excluding carboxylic acids is 2. The van der Waals surface area contributed by atoms with Gasteiger partial charge in [0.05, 0.1) is 12.2 Å². The lowest BCUT2D eigenvalue weighted by Crippen LogP contribution is -2.51. The molecule has 0 N–H and O–H groups in total. The number of aryl methyl sites for hydroxylation is 1. The molecular weight excluding hydrogens is 354 g/mol. The predicted molar refractivity (Wildman–Crippen MR) is 95.2 cm³/mol. The van der Waals surface area contributed by atoms with Crippen LogP contribution in [0.4, 0.5) is 10.6 Å². The van der Waals surface area contributed by atoms with E-state index < -0.39 is 10.8 Å². The van der Waals surface area contributed by atoms with Gasteiger partial charge in [-0.05, 0) is 23.7 Å². The third-order valence-electron chi connectivity index (χ3n) is 5.70. The van der Waals surface area contributed by atoms with Gasteiger partial charge in [0.1, 0.15) is 13.7 Å². The molecule has 2 aliphatic heterocycles. The monoisotopic (exact) mass is 379 g/mol. The van der Waals surface area contributed by atoms with Crippen LogP contribution in [0.3, 0.4) is 0 Å². The van der Waals surface area contributed by atoms with Gasteiger partial charge in [-0.25, -0.2) is 4.79 Å². The molecule has 1 aromatic rings. The fraction of sp³-hybridized carbons (Fsp3) is 0.706. The summed E-state index contributed by atoms with van der Waals surface area (Å²) in [6.07, 6.45) is 3.17. The molecule has 0 aliphatic carbocycles. The molecule has 2 fully saturated rings. The number of cyclic esters (lactones) is 1. The lowest BCUT2D eigenvalue weighted by atomic mass is 9.95. The molecule has 0 bridgehead atoms. The SMILES string of the molecule is CC[C@H](C)[C@@H]1COC(=O)N1C1CCN(C(=O)c2cnn(C)c2[N+](=O)[O-])CC1. The van der Waals surface area contributed by atoms with Crippen LogP contribution >= 0.6 is 0 Å². The van der Waals surface area contributed by atoms with Crippen LogP contribution in [-0.4, -0.2) is 68.3 Å². The zero-order valence-electron chi connectivity index (χ0n) is 15.8. The molecule has 0 unspecified atom stereocenters. The molecule has 0 saturated carbocycles. The Balaban J connectivity index is 1.68. The topological polar surface area (TPSA) is 111 Å². The maximum atomic E-state index is 12.7. The first kappa shape index (κ1) is 19.1. The summed E-state index contributed by atoms with van der Waals surface area (Å²) in [5.41, 5.74) is -0.000913. The first-order valence-corrected chi connectivity index (χ1v) is 9.25. The third kappa shape index (κ3) is 3.47. The Morgan fingerprint density at radius 2 is 2.11 bits per heavy atom. The van der Waals surface area contributed by atoms with Crippen molar-refractivity contribution in [1.29, 1.82) is 0 Å². The van der Waals surface area contributed by atoms with Gasteiger partial charge in [0.15, 0.2) is 5.56 Å². The number of hydrogen-bond acceptors (Lipinski definition) is 6. The first-order chi connectivity index (χ1) is 12.8. The minimum absolute atomic E-state index is 0.000913. The molecule has 2 saturated heterocycles. The summed E-state index contributed by atoms with van der Waals surface area (Å²) in [5.74, 6) is -0.355. The lowest BCUT2D eigenvalue weighted by molar-refractivity contribution is -0.392. The Bertz CT molecular complexity index is 740. The van der Waals surface area contributed by atoms with Gasteiger partial charge in [0.2, 0.25) is 0 Å². The van der Waals surface area contributed by atoms with Gasteiger partial charge in [0, 0.05) is 19.1 Å². The average Bonchev–Trinajstić information content (AvgIpc) is 3.23. The van der Waals surface area contributed by atoms with Crippen molar-refractivity contribution in [3.05, 3.63) is 21.9 Å². The van der Waals surface area contributed by atoms with E-state index in [-0.39, 0.29) is 29.6 Å². The highest BCUT2D eigenvalue weighted by Gasteiger charge is 2.42. The summed E-state index contributed by atoms with van der Waals surface area (Å²) in [7, 11) is 1.44. The number of aromatic nitrogens is 2. The van der Waals surface area contributed by atoms with Crippen LogP contribution in [-0.2, 0) is 11.8 Å². The molecule has 3 heterocycles. The van der Waals surface area contributed by atoms with Crippen LogP contribution in [0.2, 0.25) is 0 Å². The van der Waals surface area contributed by atoms with Crippen LogP contribution in [0.1, 0.15) is 43.5 Å². The van der Waals surface area contributed by atoms with Crippen LogP contribution < -0.4 is 0 Å². The number of likely N-dealkylation sites (tertiary alicyclic amines) is 1. The molecule has 0 aromatic carbocycles. The minimum atomic E-state index is -0.593. The first-order valence-electron chi connectivity index (χ1n) is 9.25. The van der Waals surface area contributed by atoms with E-state index in [0.717, 1.165) is 11.1 Å². The standard InChI is InChI=1S/C17H25N5O5/c1-4-11(2)14-10-27-17(24)21(14)12-5-7-20(8-6-12)16(23)13-9-18-19(3)15(13)22(25)26/h9,11-12,14H,4-8,10H2,1-3H3/t11-,14-/m0/s1. The normalized spacial score (nSPS) is 22.0. The highest BCUT2D eigenvalue weighted by molar-refractivity contribution is 5.97. The van der Waals surface area contributed by atoms with Crippen molar-refractivity contribution in [2.75, 3.05) is 19.7 Å². The molecular formula is C17H25N5O5. The maximum absolute atomic E-state index is 12.7. The van der Waals surface area contributed by atoms with Crippen molar-refractivity contribution >= 4 is 17.8 Å². The molecule has 2 aliphatic rings. The second-order valence-corrected chi connectivity index (χ2v) is 7.22. The quantitative estimate of drug-likeness (QED) is 0.570. The second kappa shape index (κ2) is 7.53. The Kier molecular flexibility index (Phi) is 5.33. The Labute approximate surface area is 157 Å². The number of nitro groups is 1. The lowest BCUT2D eigenvalue weighted by Gasteiger charge is -2.39. The van der Waals surface area contributed by atoms with Gasteiger partial charge in [-0.3, -0.25) is 9.69 Å². The van der Waals surface area contributed by atoms with Crippen molar-refractivity contribution in [3.63, 3.8) is 0 Å². The van der Waals surface area contributed by atoms with Crippen LogP contribution in [0.15, 0.2) is 6.20 Å². The van der Waals surface area contributed by atoms with Crippen LogP contribution in [0.25, 0.3) is 0 Å². The molecule has 10 nitrogen and oxygen atoms in total. The van der Waals surface area contributed by atoms with Crippen LogP contribution in [0.5, 0.6) is 0 Å². The van der Waals surface area contributed by atoms with E-state index in [4.69, 9.17) is 4.74 Å². The zero-order valence-corrected chi connectivity index (χ0v) is 15.8. The number of ether oxygens (including phenoxy) is 1. The average molecular weight is 379 g/mol. The van der Waals surface area contributed by atoms with E-state index >= 15 is 0 Å². The fourth-order valence-corrected chi connectivity index (χ4v) is 3.89. The zero-order chi connectivity index (χ0) is 19.7. The van der Waals surface area contributed by atoms with E-state index in [2.05, 4.69) is 18.9 Å². The molecule has 148 valence electrons. The van der Waals surface area contributed by atoms with Gasteiger partial charge >= 0.3 is 11.9 Å². The summed E-state index contributed by atoms with van der Waals surface area (Å²) in [6, 6.07) is 0.0843. The number of amides is 2.